The van der Waals surface area contributed by atoms with Gasteiger partial charge < -0.3 is 9.84 Å². The number of aryl methyl sites for hydroxylation is 1. The lowest BCUT2D eigenvalue weighted by Gasteiger charge is -2.18. The van der Waals surface area contributed by atoms with Crippen LogP contribution >= 0.6 is 0 Å². The SMILES string of the molecule is CC(C)CCc1noc(C2CCNCC2)n1. The van der Waals surface area contributed by atoms with E-state index >= 15 is 0 Å². The Morgan fingerprint density at radius 2 is 2.12 bits per heavy atom. The van der Waals surface area contributed by atoms with Crippen LogP contribution < -0.4 is 5.32 Å². The fourth-order valence-corrected chi connectivity index (χ4v) is 2.02. The highest BCUT2D eigenvalue weighted by molar-refractivity contribution is 4.96. The molecular weight excluding hydrogens is 202 g/mol. The zero-order valence-corrected chi connectivity index (χ0v) is 10.2. The predicted octanol–water partition coefficient (Wildman–Crippen LogP) is 2.13. The standard InChI is InChI=1S/C12H21N3O/c1-9(2)3-4-11-14-12(16-15-11)10-5-7-13-8-6-10/h9-10,13H,3-8H2,1-2H3. The van der Waals surface area contributed by atoms with E-state index in [0.717, 1.165) is 50.5 Å². The molecule has 0 radical (unpaired) electrons. The molecule has 0 saturated carbocycles. The summed E-state index contributed by atoms with van der Waals surface area (Å²) in [6.45, 7) is 6.56. The molecule has 2 heterocycles. The summed E-state index contributed by atoms with van der Waals surface area (Å²) in [6, 6.07) is 0. The van der Waals surface area contributed by atoms with Crippen LogP contribution in [0.25, 0.3) is 0 Å². The molecule has 1 saturated heterocycles. The first-order valence-corrected chi connectivity index (χ1v) is 6.29. The van der Waals surface area contributed by atoms with Gasteiger partial charge in [-0.15, -0.1) is 0 Å². The first-order valence-electron chi connectivity index (χ1n) is 6.29. The fourth-order valence-electron chi connectivity index (χ4n) is 2.02. The number of aromatic nitrogens is 2. The van der Waals surface area contributed by atoms with Gasteiger partial charge in [0.25, 0.3) is 0 Å². The molecular formula is C12H21N3O. The van der Waals surface area contributed by atoms with Crippen LogP contribution in [0.3, 0.4) is 0 Å². The summed E-state index contributed by atoms with van der Waals surface area (Å²) in [4.78, 5) is 4.50. The zero-order valence-electron chi connectivity index (χ0n) is 10.2. The van der Waals surface area contributed by atoms with Crippen LogP contribution in [0.1, 0.15) is 50.7 Å². The van der Waals surface area contributed by atoms with Crippen LogP contribution in [0.2, 0.25) is 0 Å². The summed E-state index contributed by atoms with van der Waals surface area (Å²) < 4.78 is 5.35. The van der Waals surface area contributed by atoms with E-state index in [9.17, 15) is 0 Å². The molecule has 0 spiro atoms. The maximum atomic E-state index is 5.35. The molecule has 2 rings (SSSR count). The lowest BCUT2D eigenvalue weighted by Crippen LogP contribution is -2.26. The van der Waals surface area contributed by atoms with Gasteiger partial charge in [-0.2, -0.15) is 4.98 Å². The molecule has 1 aliphatic heterocycles. The molecule has 16 heavy (non-hydrogen) atoms. The minimum atomic E-state index is 0.474. The van der Waals surface area contributed by atoms with E-state index in [1.807, 2.05) is 0 Å². The minimum Gasteiger partial charge on any atom is -0.339 e. The molecule has 1 N–H and O–H groups in total. The van der Waals surface area contributed by atoms with Gasteiger partial charge in [0.15, 0.2) is 5.82 Å². The Labute approximate surface area is 96.8 Å². The Bertz CT molecular complexity index is 316. The maximum absolute atomic E-state index is 5.35. The average Bonchev–Trinajstić information content (AvgIpc) is 2.76. The largest absolute Gasteiger partial charge is 0.339 e. The first-order chi connectivity index (χ1) is 7.75. The van der Waals surface area contributed by atoms with E-state index in [-0.39, 0.29) is 0 Å². The normalized spacial score (nSPS) is 18.2. The van der Waals surface area contributed by atoms with Gasteiger partial charge in [-0.25, -0.2) is 0 Å². The summed E-state index contributed by atoms with van der Waals surface area (Å²) >= 11 is 0. The first kappa shape index (κ1) is 11.6. The van der Waals surface area contributed by atoms with Crippen molar-refractivity contribution in [2.24, 2.45) is 5.92 Å². The highest BCUT2D eigenvalue weighted by Gasteiger charge is 2.21. The van der Waals surface area contributed by atoms with E-state index in [1.165, 1.54) is 0 Å². The van der Waals surface area contributed by atoms with Crippen molar-refractivity contribution in [2.45, 2.75) is 45.4 Å². The Kier molecular flexibility index (Phi) is 3.93. The van der Waals surface area contributed by atoms with Crippen LogP contribution in [-0.4, -0.2) is 23.2 Å². The molecule has 0 aliphatic carbocycles. The molecule has 0 aromatic carbocycles. The zero-order chi connectivity index (χ0) is 11.4. The van der Waals surface area contributed by atoms with Crippen molar-refractivity contribution in [2.75, 3.05) is 13.1 Å². The smallest absolute Gasteiger partial charge is 0.229 e. The lowest BCUT2D eigenvalue weighted by atomic mass is 9.98. The van der Waals surface area contributed by atoms with Crippen LogP contribution in [0.4, 0.5) is 0 Å². The number of hydrogen-bond donors (Lipinski definition) is 1. The topological polar surface area (TPSA) is 51.0 Å². The van der Waals surface area contributed by atoms with Crippen molar-refractivity contribution < 1.29 is 4.52 Å². The number of piperidine rings is 1. The van der Waals surface area contributed by atoms with Crippen molar-refractivity contribution in [1.82, 2.24) is 15.5 Å². The monoisotopic (exact) mass is 223 g/mol. The van der Waals surface area contributed by atoms with Gasteiger partial charge in [0, 0.05) is 12.3 Å². The van der Waals surface area contributed by atoms with Crippen molar-refractivity contribution in [3.63, 3.8) is 0 Å². The Morgan fingerprint density at radius 3 is 2.81 bits per heavy atom. The number of nitrogens with zero attached hydrogens (tertiary/aromatic N) is 2. The van der Waals surface area contributed by atoms with E-state index in [2.05, 4.69) is 29.3 Å². The van der Waals surface area contributed by atoms with Gasteiger partial charge in [-0.1, -0.05) is 19.0 Å². The second-order valence-electron chi connectivity index (χ2n) is 5.01. The number of rotatable bonds is 4. The van der Waals surface area contributed by atoms with E-state index < -0.39 is 0 Å². The van der Waals surface area contributed by atoms with Crippen molar-refractivity contribution >= 4 is 0 Å². The molecule has 1 fully saturated rings. The highest BCUT2D eigenvalue weighted by atomic mass is 16.5. The second-order valence-corrected chi connectivity index (χ2v) is 5.01. The van der Waals surface area contributed by atoms with Gasteiger partial charge in [0.2, 0.25) is 5.89 Å². The molecule has 0 unspecified atom stereocenters. The third-order valence-corrected chi connectivity index (χ3v) is 3.12. The van der Waals surface area contributed by atoms with Crippen LogP contribution in [-0.2, 0) is 6.42 Å². The van der Waals surface area contributed by atoms with Crippen LogP contribution in [0.5, 0.6) is 0 Å². The van der Waals surface area contributed by atoms with E-state index in [0.29, 0.717) is 11.8 Å². The van der Waals surface area contributed by atoms with Gasteiger partial charge in [-0.05, 0) is 38.3 Å². The van der Waals surface area contributed by atoms with Gasteiger partial charge >= 0.3 is 0 Å². The van der Waals surface area contributed by atoms with E-state index in [4.69, 9.17) is 4.52 Å². The molecule has 4 nitrogen and oxygen atoms in total. The third kappa shape index (κ3) is 3.04. The predicted molar refractivity (Wildman–Crippen MR) is 62.3 cm³/mol. The second kappa shape index (κ2) is 5.43. The number of nitrogens with one attached hydrogen (secondary N) is 1. The summed E-state index contributed by atoms with van der Waals surface area (Å²) in [5, 5.41) is 7.40. The molecule has 1 aromatic rings. The maximum Gasteiger partial charge on any atom is 0.229 e. The summed E-state index contributed by atoms with van der Waals surface area (Å²) in [7, 11) is 0. The molecule has 0 atom stereocenters. The van der Waals surface area contributed by atoms with Crippen molar-refractivity contribution in [1.29, 1.82) is 0 Å². The van der Waals surface area contributed by atoms with Crippen LogP contribution in [0.15, 0.2) is 4.52 Å². The summed E-state index contributed by atoms with van der Waals surface area (Å²) in [6.07, 6.45) is 4.30. The molecule has 90 valence electrons. The molecule has 1 aromatic heterocycles. The molecule has 4 heteroatoms. The number of hydrogen-bond acceptors (Lipinski definition) is 4. The van der Waals surface area contributed by atoms with Crippen LogP contribution in [0, 0.1) is 5.92 Å². The summed E-state index contributed by atoms with van der Waals surface area (Å²) in [5.74, 6) is 2.89. The Balaban J connectivity index is 1.90. The van der Waals surface area contributed by atoms with Gasteiger partial charge in [0.1, 0.15) is 0 Å². The van der Waals surface area contributed by atoms with E-state index in [1.54, 1.807) is 0 Å². The summed E-state index contributed by atoms with van der Waals surface area (Å²) in [5.41, 5.74) is 0. The lowest BCUT2D eigenvalue weighted by molar-refractivity contribution is 0.318. The molecule has 0 amide bonds. The molecule has 0 bridgehead atoms. The molecule has 1 aliphatic rings. The Hall–Kier alpha value is -0.900. The highest BCUT2D eigenvalue weighted by Crippen LogP contribution is 2.23. The average molecular weight is 223 g/mol. The van der Waals surface area contributed by atoms with Crippen molar-refractivity contribution in [3.05, 3.63) is 11.7 Å². The van der Waals surface area contributed by atoms with Gasteiger partial charge in [0.05, 0.1) is 0 Å². The minimum absolute atomic E-state index is 0.474. The third-order valence-electron chi connectivity index (χ3n) is 3.12. The quantitative estimate of drug-likeness (QED) is 0.849. The Morgan fingerprint density at radius 1 is 1.38 bits per heavy atom. The van der Waals surface area contributed by atoms with Crippen molar-refractivity contribution in [3.8, 4) is 0 Å². The van der Waals surface area contributed by atoms with Gasteiger partial charge in [-0.3, -0.25) is 0 Å². The fraction of sp³-hybridized carbons (Fsp3) is 0.833.